The molecular formula is C19H18FN3O2. The highest BCUT2D eigenvalue weighted by Gasteiger charge is 2.24. The largest absolute Gasteiger partial charge is 0.372 e. The molecule has 1 aliphatic heterocycles. The highest BCUT2D eigenvalue weighted by molar-refractivity contribution is 5.85. The summed E-state index contributed by atoms with van der Waals surface area (Å²) in [6.07, 6.45) is 3.88. The van der Waals surface area contributed by atoms with Crippen molar-refractivity contribution in [1.29, 1.82) is 0 Å². The van der Waals surface area contributed by atoms with Crippen LogP contribution in [0.15, 0.2) is 30.6 Å². The monoisotopic (exact) mass is 339 g/mol. The van der Waals surface area contributed by atoms with Gasteiger partial charge >= 0.3 is 0 Å². The molecule has 0 radical (unpaired) electrons. The summed E-state index contributed by atoms with van der Waals surface area (Å²) in [4.78, 5) is 21.4. The molecule has 3 rings (SSSR count). The van der Waals surface area contributed by atoms with E-state index in [1.54, 1.807) is 18.5 Å². The van der Waals surface area contributed by atoms with Crippen LogP contribution in [-0.2, 0) is 4.74 Å². The molecule has 1 aromatic carbocycles. The van der Waals surface area contributed by atoms with E-state index in [2.05, 4.69) is 21.8 Å². The maximum absolute atomic E-state index is 14.5. The van der Waals surface area contributed by atoms with Crippen molar-refractivity contribution in [2.75, 3.05) is 18.0 Å². The van der Waals surface area contributed by atoms with E-state index in [-0.39, 0.29) is 17.8 Å². The van der Waals surface area contributed by atoms with Crippen molar-refractivity contribution in [3.8, 4) is 11.8 Å². The molecule has 128 valence electrons. The maximum Gasteiger partial charge on any atom is 0.205 e. The second-order valence-electron chi connectivity index (χ2n) is 5.99. The van der Waals surface area contributed by atoms with Crippen LogP contribution in [0.1, 0.15) is 35.6 Å². The van der Waals surface area contributed by atoms with Crippen molar-refractivity contribution in [3.63, 3.8) is 0 Å². The zero-order chi connectivity index (χ0) is 17.8. The molecule has 1 aromatic heterocycles. The SMILES string of the molecule is CC1CN(c2cc(F)c(C#Cc3ncccn3)cc2C=O)CC(C)O1. The molecule has 0 spiro atoms. The summed E-state index contributed by atoms with van der Waals surface area (Å²) in [5.74, 6) is 5.23. The summed E-state index contributed by atoms with van der Waals surface area (Å²) >= 11 is 0. The van der Waals surface area contributed by atoms with Crippen LogP contribution in [0.3, 0.4) is 0 Å². The normalized spacial score (nSPS) is 19.9. The molecule has 1 fully saturated rings. The lowest BCUT2D eigenvalue weighted by Gasteiger charge is -2.37. The maximum atomic E-state index is 14.5. The zero-order valence-electron chi connectivity index (χ0n) is 14.1. The number of hydrogen-bond donors (Lipinski definition) is 0. The van der Waals surface area contributed by atoms with Crippen molar-refractivity contribution in [3.05, 3.63) is 53.4 Å². The number of benzene rings is 1. The number of nitrogens with zero attached hydrogens (tertiary/aromatic N) is 3. The molecule has 0 N–H and O–H groups in total. The van der Waals surface area contributed by atoms with Crippen LogP contribution < -0.4 is 4.90 Å². The lowest BCUT2D eigenvalue weighted by molar-refractivity contribution is -0.00527. The van der Waals surface area contributed by atoms with E-state index in [4.69, 9.17) is 4.74 Å². The van der Waals surface area contributed by atoms with Gasteiger partial charge in [0.15, 0.2) is 6.29 Å². The summed E-state index contributed by atoms with van der Waals surface area (Å²) in [7, 11) is 0. The van der Waals surface area contributed by atoms with Gasteiger partial charge in [-0.2, -0.15) is 0 Å². The third-order valence-corrected chi connectivity index (χ3v) is 3.88. The Balaban J connectivity index is 1.94. The highest BCUT2D eigenvalue weighted by atomic mass is 19.1. The van der Waals surface area contributed by atoms with Gasteiger partial charge in [-0.25, -0.2) is 14.4 Å². The van der Waals surface area contributed by atoms with Gasteiger partial charge in [0, 0.05) is 31.0 Å². The quantitative estimate of drug-likeness (QED) is 0.621. The van der Waals surface area contributed by atoms with Gasteiger partial charge in [-0.15, -0.1) is 0 Å². The summed E-state index contributed by atoms with van der Waals surface area (Å²) in [5.41, 5.74) is 1.12. The minimum absolute atomic E-state index is 0.0148. The van der Waals surface area contributed by atoms with E-state index in [1.165, 1.54) is 12.1 Å². The Morgan fingerprint density at radius 2 is 1.88 bits per heavy atom. The molecule has 2 atom stereocenters. The minimum Gasteiger partial charge on any atom is -0.372 e. The minimum atomic E-state index is -0.476. The molecular weight excluding hydrogens is 321 g/mol. The van der Waals surface area contributed by atoms with Crippen molar-refractivity contribution in [2.24, 2.45) is 0 Å². The average Bonchev–Trinajstić information content (AvgIpc) is 2.60. The molecule has 6 heteroatoms. The number of anilines is 1. The first-order chi connectivity index (χ1) is 12.1. The predicted molar refractivity (Wildman–Crippen MR) is 92.0 cm³/mol. The number of carbonyl (C=O) groups is 1. The number of aldehydes is 1. The Morgan fingerprint density at radius 3 is 2.52 bits per heavy atom. The lowest BCUT2D eigenvalue weighted by atomic mass is 10.1. The van der Waals surface area contributed by atoms with Crippen LogP contribution >= 0.6 is 0 Å². The van der Waals surface area contributed by atoms with E-state index in [0.29, 0.717) is 30.2 Å². The molecule has 0 saturated carbocycles. The Morgan fingerprint density at radius 1 is 1.20 bits per heavy atom. The number of morpholine rings is 1. The Labute approximate surface area is 145 Å². The fraction of sp³-hybridized carbons (Fsp3) is 0.316. The molecule has 1 aliphatic rings. The van der Waals surface area contributed by atoms with Gasteiger partial charge < -0.3 is 9.64 Å². The molecule has 1 saturated heterocycles. The van der Waals surface area contributed by atoms with Crippen molar-refractivity contribution in [1.82, 2.24) is 9.97 Å². The fourth-order valence-electron chi connectivity index (χ4n) is 2.91. The third kappa shape index (κ3) is 4.01. The first-order valence-electron chi connectivity index (χ1n) is 8.05. The lowest BCUT2D eigenvalue weighted by Crippen LogP contribution is -2.45. The molecule has 2 aromatic rings. The molecule has 2 unspecified atom stereocenters. The standard InChI is InChI=1S/C19H18FN3O2/c1-13-10-23(11-14(2)25-13)18-9-17(20)15(8-16(18)12-24)4-5-19-21-6-3-7-22-19/h3,6-9,12-14H,10-11H2,1-2H3. The van der Waals surface area contributed by atoms with E-state index in [9.17, 15) is 9.18 Å². The van der Waals surface area contributed by atoms with Crippen LogP contribution in [0, 0.1) is 17.7 Å². The molecule has 2 heterocycles. The summed E-state index contributed by atoms with van der Waals surface area (Å²) in [6.45, 7) is 5.12. The van der Waals surface area contributed by atoms with Crippen LogP contribution in [0.2, 0.25) is 0 Å². The molecule has 0 bridgehead atoms. The zero-order valence-corrected chi connectivity index (χ0v) is 14.1. The van der Waals surface area contributed by atoms with Gasteiger partial charge in [-0.1, -0.05) is 5.92 Å². The van der Waals surface area contributed by atoms with Crippen molar-refractivity contribution >= 4 is 12.0 Å². The molecule has 25 heavy (non-hydrogen) atoms. The second kappa shape index (κ2) is 7.41. The Hall–Kier alpha value is -2.78. The molecule has 5 nitrogen and oxygen atoms in total. The number of rotatable bonds is 2. The van der Waals surface area contributed by atoms with Gasteiger partial charge in [0.2, 0.25) is 5.82 Å². The fourth-order valence-corrected chi connectivity index (χ4v) is 2.91. The van der Waals surface area contributed by atoms with Crippen LogP contribution in [0.5, 0.6) is 0 Å². The third-order valence-electron chi connectivity index (χ3n) is 3.88. The number of halogens is 1. The van der Waals surface area contributed by atoms with Crippen LogP contribution in [0.25, 0.3) is 0 Å². The second-order valence-corrected chi connectivity index (χ2v) is 5.99. The van der Waals surface area contributed by atoms with Gasteiger partial charge in [0.05, 0.1) is 23.5 Å². The van der Waals surface area contributed by atoms with Crippen LogP contribution in [-0.4, -0.2) is 41.6 Å². The van der Waals surface area contributed by atoms with Crippen molar-refractivity contribution in [2.45, 2.75) is 26.1 Å². The number of aromatic nitrogens is 2. The van der Waals surface area contributed by atoms with Crippen molar-refractivity contribution < 1.29 is 13.9 Å². The number of ether oxygens (including phenoxy) is 1. The highest BCUT2D eigenvalue weighted by Crippen LogP contribution is 2.26. The Bertz CT molecular complexity index is 820. The van der Waals surface area contributed by atoms with E-state index >= 15 is 0 Å². The molecule has 0 aliphatic carbocycles. The summed E-state index contributed by atoms with van der Waals surface area (Å²) < 4.78 is 20.2. The first kappa shape index (κ1) is 17.1. The van der Waals surface area contributed by atoms with Gasteiger partial charge in [0.25, 0.3) is 0 Å². The van der Waals surface area contributed by atoms with E-state index < -0.39 is 5.82 Å². The number of hydrogen-bond acceptors (Lipinski definition) is 5. The van der Waals surface area contributed by atoms with Crippen LogP contribution in [0.4, 0.5) is 10.1 Å². The molecule has 0 amide bonds. The van der Waals surface area contributed by atoms with Gasteiger partial charge in [0.1, 0.15) is 5.82 Å². The predicted octanol–water partition coefficient (Wildman–Crippen LogP) is 2.44. The van der Waals surface area contributed by atoms with E-state index in [0.717, 1.165) is 6.29 Å². The topological polar surface area (TPSA) is 55.3 Å². The summed E-state index contributed by atoms with van der Waals surface area (Å²) in [6, 6.07) is 4.51. The van der Waals surface area contributed by atoms with Gasteiger partial charge in [-0.05, 0) is 38.0 Å². The smallest absolute Gasteiger partial charge is 0.205 e. The average molecular weight is 339 g/mol. The first-order valence-corrected chi connectivity index (χ1v) is 8.05. The summed E-state index contributed by atoms with van der Waals surface area (Å²) in [5, 5.41) is 0. The number of carbonyl (C=O) groups excluding carboxylic acids is 1. The van der Waals surface area contributed by atoms with Gasteiger partial charge in [-0.3, -0.25) is 4.79 Å². The Kier molecular flexibility index (Phi) is 5.05. The van der Waals surface area contributed by atoms with E-state index in [1.807, 2.05) is 18.7 Å².